The van der Waals surface area contributed by atoms with E-state index in [-0.39, 0.29) is 0 Å². The summed E-state index contributed by atoms with van der Waals surface area (Å²) < 4.78 is 0. The molecule has 1 rings (SSSR count). The van der Waals surface area contributed by atoms with E-state index in [0.717, 1.165) is 0 Å². The summed E-state index contributed by atoms with van der Waals surface area (Å²) in [5.74, 6) is 1.85. The molecule has 0 unspecified atom stereocenters. The number of hydrogen-bond acceptors (Lipinski definition) is 0. The summed E-state index contributed by atoms with van der Waals surface area (Å²) in [7, 11) is 3.66. The Labute approximate surface area is 56.6 Å². The predicted molar refractivity (Wildman–Crippen MR) is 43.5 cm³/mol. The maximum absolute atomic E-state index is 3.66. The van der Waals surface area contributed by atoms with E-state index < -0.39 is 0 Å². The Hall–Kier alpha value is -0.845. The monoisotopic (exact) mass is 116 g/mol. The van der Waals surface area contributed by atoms with Crippen molar-refractivity contribution in [3.05, 3.63) is 35.4 Å². The molecule has 0 aromatic heterocycles. The van der Waals surface area contributed by atoms with Crippen LogP contribution in [0.3, 0.4) is 0 Å². The minimum absolute atomic E-state index is 1.18. The second kappa shape index (κ2) is 2.63. The van der Waals surface area contributed by atoms with Crippen molar-refractivity contribution in [2.45, 2.75) is 6.92 Å². The van der Waals surface area contributed by atoms with Crippen molar-refractivity contribution < 1.29 is 0 Å². The van der Waals surface area contributed by atoms with E-state index in [4.69, 9.17) is 0 Å². The zero-order valence-electron chi connectivity index (χ0n) is 5.59. The van der Waals surface area contributed by atoms with E-state index >= 15 is 0 Å². The Kier molecular flexibility index (Phi) is 1.83. The molecule has 1 heteroatoms. The molecule has 0 aliphatic rings. The second-order valence-corrected chi connectivity index (χ2v) is 2.11. The summed E-state index contributed by atoms with van der Waals surface area (Å²) in [4.78, 5) is 0. The van der Waals surface area contributed by atoms with Gasteiger partial charge in [0.25, 0.3) is 0 Å². The third-order valence-corrected chi connectivity index (χ3v) is 1.31. The van der Waals surface area contributed by atoms with Crippen LogP contribution in [0, 0.1) is 6.92 Å². The first-order valence-corrected chi connectivity index (χ1v) is 3.02. The van der Waals surface area contributed by atoms with Gasteiger partial charge in [-0.1, -0.05) is 0 Å². The molecule has 0 atom stereocenters. The fraction of sp³-hybridized carbons (Fsp3) is 0.125. The number of hydrogen-bond donors (Lipinski definition) is 0. The van der Waals surface area contributed by atoms with Gasteiger partial charge in [0.05, 0.1) is 0 Å². The topological polar surface area (TPSA) is 0 Å². The SMILES string of the molecule is B=Cc1ccc(C)cc1. The second-order valence-electron chi connectivity index (χ2n) is 2.11. The van der Waals surface area contributed by atoms with Crippen LogP contribution in [-0.2, 0) is 0 Å². The Morgan fingerprint density at radius 2 is 1.78 bits per heavy atom. The molecule has 0 saturated carbocycles. The molecule has 44 valence electrons. The molecule has 0 saturated heterocycles. The predicted octanol–water partition coefficient (Wildman–Crippen LogP) is 1.05. The summed E-state index contributed by atoms with van der Waals surface area (Å²) in [5.41, 5.74) is 2.47. The van der Waals surface area contributed by atoms with E-state index in [0.29, 0.717) is 0 Å². The summed E-state index contributed by atoms with van der Waals surface area (Å²) in [5, 5.41) is 0. The first-order valence-electron chi connectivity index (χ1n) is 3.02. The molecule has 1 aromatic rings. The number of aryl methyl sites for hydroxylation is 1. The molecule has 0 amide bonds. The van der Waals surface area contributed by atoms with E-state index in [9.17, 15) is 0 Å². The van der Waals surface area contributed by atoms with Gasteiger partial charge in [-0.05, 0) is 0 Å². The minimum atomic E-state index is 1.18. The Morgan fingerprint density at radius 1 is 1.22 bits per heavy atom. The van der Waals surface area contributed by atoms with Crippen molar-refractivity contribution >= 4 is 13.5 Å². The zero-order chi connectivity index (χ0) is 6.69. The quantitative estimate of drug-likeness (QED) is 0.481. The molecular weight excluding hydrogens is 107 g/mol. The van der Waals surface area contributed by atoms with Crippen LogP contribution >= 0.6 is 0 Å². The van der Waals surface area contributed by atoms with E-state index in [1.54, 1.807) is 0 Å². The first-order chi connectivity index (χ1) is 4.33. The molecular formula is C8H9B. The zero-order valence-corrected chi connectivity index (χ0v) is 5.59. The summed E-state index contributed by atoms with van der Waals surface area (Å²) in [6.07, 6.45) is 0. The van der Waals surface area contributed by atoms with Crippen LogP contribution in [0.25, 0.3) is 0 Å². The van der Waals surface area contributed by atoms with Crippen LogP contribution in [0.4, 0.5) is 0 Å². The van der Waals surface area contributed by atoms with Crippen molar-refractivity contribution in [1.82, 2.24) is 0 Å². The summed E-state index contributed by atoms with van der Waals surface area (Å²) >= 11 is 0. The van der Waals surface area contributed by atoms with Crippen LogP contribution in [0.15, 0.2) is 24.3 Å². The average molecular weight is 116 g/mol. The van der Waals surface area contributed by atoms with Gasteiger partial charge in [-0.15, -0.1) is 0 Å². The maximum atomic E-state index is 3.66. The molecule has 9 heavy (non-hydrogen) atoms. The van der Waals surface area contributed by atoms with E-state index in [1.807, 2.05) is 5.97 Å². The Morgan fingerprint density at radius 3 is 2.22 bits per heavy atom. The van der Waals surface area contributed by atoms with Crippen molar-refractivity contribution in [2.75, 3.05) is 0 Å². The van der Waals surface area contributed by atoms with Crippen LogP contribution < -0.4 is 0 Å². The fourth-order valence-electron chi connectivity index (χ4n) is 0.703. The molecule has 0 radical (unpaired) electrons. The van der Waals surface area contributed by atoms with Gasteiger partial charge in [0.1, 0.15) is 0 Å². The van der Waals surface area contributed by atoms with Gasteiger partial charge in [0.15, 0.2) is 0 Å². The van der Waals surface area contributed by atoms with Crippen molar-refractivity contribution in [1.29, 1.82) is 0 Å². The third-order valence-electron chi connectivity index (χ3n) is 1.31. The van der Waals surface area contributed by atoms with Gasteiger partial charge in [-0.3, -0.25) is 0 Å². The van der Waals surface area contributed by atoms with Gasteiger partial charge in [-0.25, -0.2) is 0 Å². The number of benzene rings is 1. The van der Waals surface area contributed by atoms with Crippen molar-refractivity contribution in [3.8, 4) is 0 Å². The molecule has 0 aliphatic carbocycles. The summed E-state index contributed by atoms with van der Waals surface area (Å²) in [6, 6.07) is 8.28. The Balaban J connectivity index is 3.01. The standard InChI is InChI=1S/C8H9B/c1-7-2-4-8(6-9)5-3-7/h2-6,9H,1H3. The first kappa shape index (κ1) is 6.28. The molecule has 0 N–H and O–H groups in total. The van der Waals surface area contributed by atoms with Crippen molar-refractivity contribution in [2.24, 2.45) is 0 Å². The van der Waals surface area contributed by atoms with Gasteiger partial charge < -0.3 is 0 Å². The Bertz CT molecular complexity index is 198. The van der Waals surface area contributed by atoms with Crippen LogP contribution in [0.5, 0.6) is 0 Å². The fourth-order valence-corrected chi connectivity index (χ4v) is 0.703. The molecule has 0 bridgehead atoms. The van der Waals surface area contributed by atoms with Crippen LogP contribution in [-0.4, -0.2) is 13.5 Å². The summed E-state index contributed by atoms with van der Waals surface area (Å²) in [6.45, 7) is 2.08. The van der Waals surface area contributed by atoms with Crippen LogP contribution in [0.1, 0.15) is 11.1 Å². The average Bonchev–Trinajstić information content (AvgIpc) is 1.90. The molecule has 0 aliphatic heterocycles. The van der Waals surface area contributed by atoms with E-state index in [2.05, 4.69) is 38.7 Å². The van der Waals surface area contributed by atoms with E-state index in [1.165, 1.54) is 11.1 Å². The van der Waals surface area contributed by atoms with Gasteiger partial charge in [0, 0.05) is 0 Å². The van der Waals surface area contributed by atoms with Crippen LogP contribution in [0.2, 0.25) is 0 Å². The third kappa shape index (κ3) is 1.53. The van der Waals surface area contributed by atoms with Crippen molar-refractivity contribution in [3.63, 3.8) is 0 Å². The molecule has 0 nitrogen and oxygen atoms in total. The molecule has 0 heterocycles. The van der Waals surface area contributed by atoms with Gasteiger partial charge in [0.2, 0.25) is 0 Å². The van der Waals surface area contributed by atoms with Gasteiger partial charge in [-0.2, -0.15) is 0 Å². The van der Waals surface area contributed by atoms with Gasteiger partial charge >= 0.3 is 55.8 Å². The normalized spacial score (nSPS) is 8.89. The number of rotatable bonds is 1. The molecule has 0 fully saturated rings. The molecule has 0 spiro atoms. The molecule has 1 aromatic carbocycles.